The van der Waals surface area contributed by atoms with Crippen LogP contribution < -0.4 is 0 Å². The molecule has 70 valence electrons. The van der Waals surface area contributed by atoms with Crippen LogP contribution in [-0.4, -0.2) is 24.2 Å². The molecule has 0 amide bonds. The van der Waals surface area contributed by atoms with E-state index in [-0.39, 0.29) is 0 Å². The highest BCUT2D eigenvalue weighted by Gasteiger charge is 1.99. The number of rotatable bonds is 2. The lowest BCUT2D eigenvalue weighted by Crippen LogP contribution is -2.22. The van der Waals surface area contributed by atoms with Crippen molar-refractivity contribution in [3.63, 3.8) is 0 Å². The van der Waals surface area contributed by atoms with Crippen LogP contribution in [-0.2, 0) is 11.3 Å². The molecular weight excluding hydrogens is 182 g/mol. The van der Waals surface area contributed by atoms with E-state index in [4.69, 9.17) is 17.0 Å². The Morgan fingerprint density at radius 3 is 2.46 bits per heavy atom. The second-order valence-electron chi connectivity index (χ2n) is 2.93. The van der Waals surface area contributed by atoms with Crippen LogP contribution >= 0.6 is 12.2 Å². The van der Waals surface area contributed by atoms with Crippen molar-refractivity contribution in [1.29, 1.82) is 0 Å². The SMILES string of the molecule is CN(C)C(=S)OCc1ccccc1. The van der Waals surface area contributed by atoms with Crippen molar-refractivity contribution in [3.8, 4) is 0 Å². The van der Waals surface area contributed by atoms with Gasteiger partial charge in [-0.05, 0) is 17.8 Å². The lowest BCUT2D eigenvalue weighted by Gasteiger charge is -2.14. The molecule has 1 aromatic carbocycles. The Hall–Kier alpha value is -1.09. The zero-order chi connectivity index (χ0) is 9.68. The normalized spacial score (nSPS) is 9.38. The topological polar surface area (TPSA) is 12.5 Å². The number of hydrogen-bond acceptors (Lipinski definition) is 2. The smallest absolute Gasteiger partial charge is 0.259 e. The Bertz CT molecular complexity index is 272. The van der Waals surface area contributed by atoms with Gasteiger partial charge in [-0.15, -0.1) is 0 Å². The molecule has 0 N–H and O–H groups in total. The number of hydrogen-bond donors (Lipinski definition) is 0. The lowest BCUT2D eigenvalue weighted by molar-refractivity contribution is 0.257. The fourth-order valence-electron chi connectivity index (χ4n) is 0.848. The van der Waals surface area contributed by atoms with Gasteiger partial charge in [-0.3, -0.25) is 0 Å². The minimum atomic E-state index is 0.517. The predicted molar refractivity (Wildman–Crippen MR) is 57.5 cm³/mol. The van der Waals surface area contributed by atoms with E-state index in [1.807, 2.05) is 44.4 Å². The van der Waals surface area contributed by atoms with E-state index in [0.717, 1.165) is 5.56 Å². The molecule has 2 nitrogen and oxygen atoms in total. The van der Waals surface area contributed by atoms with E-state index in [2.05, 4.69) is 0 Å². The Kier molecular flexibility index (Phi) is 3.71. The van der Waals surface area contributed by atoms with Gasteiger partial charge in [-0.25, -0.2) is 0 Å². The maximum Gasteiger partial charge on any atom is 0.259 e. The summed E-state index contributed by atoms with van der Waals surface area (Å²) in [6.45, 7) is 0.540. The summed E-state index contributed by atoms with van der Waals surface area (Å²) in [6.07, 6.45) is 0. The molecule has 0 bridgehead atoms. The second-order valence-corrected chi connectivity index (χ2v) is 3.28. The Labute approximate surface area is 84.1 Å². The van der Waals surface area contributed by atoms with Crippen molar-refractivity contribution in [2.24, 2.45) is 0 Å². The predicted octanol–water partition coefficient (Wildman–Crippen LogP) is 2.05. The first-order valence-corrected chi connectivity index (χ1v) is 4.49. The van der Waals surface area contributed by atoms with Crippen LogP contribution in [0.3, 0.4) is 0 Å². The molecule has 0 fully saturated rings. The molecule has 0 radical (unpaired) electrons. The fraction of sp³-hybridized carbons (Fsp3) is 0.300. The molecule has 0 unspecified atom stereocenters. The number of nitrogens with zero attached hydrogens (tertiary/aromatic N) is 1. The summed E-state index contributed by atoms with van der Waals surface area (Å²) in [4.78, 5) is 1.78. The molecular formula is C10H13NOS. The minimum Gasteiger partial charge on any atom is -0.466 e. The Balaban J connectivity index is 2.40. The number of ether oxygens (including phenoxy) is 1. The van der Waals surface area contributed by atoms with Gasteiger partial charge >= 0.3 is 0 Å². The summed E-state index contributed by atoms with van der Waals surface area (Å²) in [5, 5.41) is 0.517. The zero-order valence-corrected chi connectivity index (χ0v) is 8.67. The average Bonchev–Trinajstić information content (AvgIpc) is 2.15. The van der Waals surface area contributed by atoms with Crippen molar-refractivity contribution >= 4 is 17.4 Å². The lowest BCUT2D eigenvalue weighted by atomic mass is 10.2. The van der Waals surface area contributed by atoms with E-state index in [1.165, 1.54) is 0 Å². The van der Waals surface area contributed by atoms with Gasteiger partial charge in [0.2, 0.25) is 0 Å². The molecule has 0 aliphatic rings. The van der Waals surface area contributed by atoms with Crippen molar-refractivity contribution in [2.75, 3.05) is 14.1 Å². The zero-order valence-electron chi connectivity index (χ0n) is 7.86. The Morgan fingerprint density at radius 1 is 1.31 bits per heavy atom. The second kappa shape index (κ2) is 4.82. The Morgan fingerprint density at radius 2 is 1.92 bits per heavy atom. The summed E-state index contributed by atoms with van der Waals surface area (Å²) in [7, 11) is 3.74. The van der Waals surface area contributed by atoms with Gasteiger partial charge in [0.1, 0.15) is 6.61 Å². The van der Waals surface area contributed by atoms with Gasteiger partial charge in [0.05, 0.1) is 0 Å². The van der Waals surface area contributed by atoms with E-state index in [0.29, 0.717) is 11.8 Å². The van der Waals surface area contributed by atoms with Crippen LogP contribution in [0, 0.1) is 0 Å². The van der Waals surface area contributed by atoms with Gasteiger partial charge in [0.15, 0.2) is 0 Å². The van der Waals surface area contributed by atoms with Gasteiger partial charge in [0, 0.05) is 14.1 Å². The summed E-state index contributed by atoms with van der Waals surface area (Å²) in [5.74, 6) is 0. The van der Waals surface area contributed by atoms with Crippen molar-refractivity contribution in [3.05, 3.63) is 35.9 Å². The van der Waals surface area contributed by atoms with Crippen LogP contribution in [0.25, 0.3) is 0 Å². The third-order valence-electron chi connectivity index (χ3n) is 1.57. The van der Waals surface area contributed by atoms with Gasteiger partial charge in [-0.2, -0.15) is 0 Å². The van der Waals surface area contributed by atoms with Crippen LogP contribution in [0.15, 0.2) is 30.3 Å². The summed E-state index contributed by atoms with van der Waals surface area (Å²) in [6, 6.07) is 9.97. The van der Waals surface area contributed by atoms with E-state index in [9.17, 15) is 0 Å². The van der Waals surface area contributed by atoms with Gasteiger partial charge in [0.25, 0.3) is 5.17 Å². The highest BCUT2D eigenvalue weighted by atomic mass is 32.1. The molecule has 0 atom stereocenters. The third-order valence-corrected chi connectivity index (χ3v) is 2.05. The van der Waals surface area contributed by atoms with E-state index >= 15 is 0 Å². The molecule has 1 rings (SSSR count). The first-order valence-electron chi connectivity index (χ1n) is 4.08. The number of thiocarbonyl (C=S) groups is 1. The summed E-state index contributed by atoms with van der Waals surface area (Å²) < 4.78 is 5.35. The molecule has 0 saturated heterocycles. The molecule has 0 heterocycles. The molecule has 0 aliphatic heterocycles. The molecule has 3 heteroatoms. The van der Waals surface area contributed by atoms with Crippen molar-refractivity contribution in [1.82, 2.24) is 4.90 Å². The van der Waals surface area contributed by atoms with Crippen LogP contribution in [0.5, 0.6) is 0 Å². The molecule has 0 spiro atoms. The number of benzene rings is 1. The summed E-state index contributed by atoms with van der Waals surface area (Å²) in [5.41, 5.74) is 1.13. The largest absolute Gasteiger partial charge is 0.466 e. The first-order chi connectivity index (χ1) is 6.20. The van der Waals surface area contributed by atoms with Crippen molar-refractivity contribution in [2.45, 2.75) is 6.61 Å². The highest BCUT2D eigenvalue weighted by molar-refractivity contribution is 7.79. The van der Waals surface area contributed by atoms with E-state index < -0.39 is 0 Å². The third kappa shape index (κ3) is 3.42. The minimum absolute atomic E-state index is 0.517. The molecule has 0 aliphatic carbocycles. The fourth-order valence-corrected chi connectivity index (χ4v) is 0.907. The molecule has 13 heavy (non-hydrogen) atoms. The van der Waals surface area contributed by atoms with E-state index in [1.54, 1.807) is 4.90 Å². The quantitative estimate of drug-likeness (QED) is 0.670. The van der Waals surface area contributed by atoms with Crippen molar-refractivity contribution < 1.29 is 4.74 Å². The first kappa shape index (κ1) is 9.99. The van der Waals surface area contributed by atoms with Crippen LogP contribution in [0.1, 0.15) is 5.56 Å². The monoisotopic (exact) mass is 195 g/mol. The maximum atomic E-state index is 5.35. The molecule has 0 saturated carbocycles. The maximum absolute atomic E-state index is 5.35. The average molecular weight is 195 g/mol. The van der Waals surface area contributed by atoms with Crippen LogP contribution in [0.2, 0.25) is 0 Å². The molecule has 0 aromatic heterocycles. The standard InChI is InChI=1S/C10H13NOS/c1-11(2)10(13)12-8-9-6-4-3-5-7-9/h3-7H,8H2,1-2H3. The highest BCUT2D eigenvalue weighted by Crippen LogP contribution is 2.01. The molecule has 1 aromatic rings. The van der Waals surface area contributed by atoms with Crippen LogP contribution in [0.4, 0.5) is 0 Å². The van der Waals surface area contributed by atoms with Gasteiger partial charge < -0.3 is 9.64 Å². The summed E-state index contributed by atoms with van der Waals surface area (Å²) >= 11 is 4.98. The van der Waals surface area contributed by atoms with Gasteiger partial charge in [-0.1, -0.05) is 30.3 Å².